The summed E-state index contributed by atoms with van der Waals surface area (Å²) < 4.78 is 13.1. The SMILES string of the molecule is CN1C2=C3C(=CCC2)C2CN(CCCC(=O)c4ccc(F)cc4)CCC2N3CC1(O)O. The average Bonchev–Trinajstić information content (AvgIpc) is 3.06. The smallest absolute Gasteiger partial charge is 0.264 e. The van der Waals surface area contributed by atoms with E-state index in [0.29, 0.717) is 23.9 Å². The number of ketones is 1. The molecule has 0 spiro atoms. The Morgan fingerprint density at radius 2 is 2.03 bits per heavy atom. The van der Waals surface area contributed by atoms with Gasteiger partial charge in [0.15, 0.2) is 5.78 Å². The van der Waals surface area contributed by atoms with Crippen LogP contribution in [0, 0.1) is 11.7 Å². The standard InChI is InChI=1S/C24H30FN3O3/c1-26-21-5-2-4-18-19-14-27(12-3-6-22(29)16-7-9-17(25)10-8-16)13-11-20(19)28(23(18)21)15-24(26,30)31/h4,7-10,19-20,30-31H,2-3,5-6,11-15H2,1H3. The van der Waals surface area contributed by atoms with Crippen LogP contribution in [0.2, 0.25) is 0 Å². The summed E-state index contributed by atoms with van der Waals surface area (Å²) >= 11 is 0. The molecule has 1 aromatic rings. The number of carbonyl (C=O) groups excluding carboxylic acids is 1. The molecule has 3 heterocycles. The molecule has 0 amide bonds. The largest absolute Gasteiger partial charge is 0.359 e. The zero-order valence-electron chi connectivity index (χ0n) is 17.9. The minimum absolute atomic E-state index is 0.0583. The van der Waals surface area contributed by atoms with E-state index in [0.717, 1.165) is 51.0 Å². The highest BCUT2D eigenvalue weighted by Crippen LogP contribution is 2.49. The van der Waals surface area contributed by atoms with Crippen molar-refractivity contribution in [1.29, 1.82) is 0 Å². The number of carbonyl (C=O) groups is 1. The number of fused-ring (bicyclic) bond motifs is 3. The number of likely N-dealkylation sites (N-methyl/N-ethyl adjacent to an activating group) is 1. The van der Waals surface area contributed by atoms with E-state index < -0.39 is 5.91 Å². The second-order valence-corrected chi connectivity index (χ2v) is 9.25. The quantitative estimate of drug-likeness (QED) is 0.555. The summed E-state index contributed by atoms with van der Waals surface area (Å²) in [5, 5.41) is 21.1. The number of hydrogen-bond donors (Lipinski definition) is 2. The Labute approximate surface area is 182 Å². The predicted molar refractivity (Wildman–Crippen MR) is 114 cm³/mol. The van der Waals surface area contributed by atoms with E-state index in [9.17, 15) is 19.4 Å². The lowest BCUT2D eigenvalue weighted by Crippen LogP contribution is -2.59. The van der Waals surface area contributed by atoms with Gasteiger partial charge in [-0.3, -0.25) is 4.79 Å². The van der Waals surface area contributed by atoms with Gasteiger partial charge < -0.3 is 24.9 Å². The van der Waals surface area contributed by atoms with Crippen LogP contribution in [0.1, 0.15) is 42.5 Å². The van der Waals surface area contributed by atoms with Crippen molar-refractivity contribution in [2.45, 2.75) is 44.1 Å². The van der Waals surface area contributed by atoms with E-state index >= 15 is 0 Å². The van der Waals surface area contributed by atoms with E-state index in [4.69, 9.17) is 0 Å². The summed E-state index contributed by atoms with van der Waals surface area (Å²) in [6.45, 7) is 2.95. The molecule has 3 aliphatic heterocycles. The van der Waals surface area contributed by atoms with Gasteiger partial charge >= 0.3 is 0 Å². The first-order chi connectivity index (χ1) is 14.8. The number of rotatable bonds is 5. The topological polar surface area (TPSA) is 67.2 Å². The lowest BCUT2D eigenvalue weighted by molar-refractivity contribution is -0.262. The summed E-state index contributed by atoms with van der Waals surface area (Å²) in [7, 11) is 1.77. The summed E-state index contributed by atoms with van der Waals surface area (Å²) in [5.41, 5.74) is 4.19. The monoisotopic (exact) mass is 427 g/mol. The Balaban J connectivity index is 1.23. The third-order valence-corrected chi connectivity index (χ3v) is 7.41. The van der Waals surface area contributed by atoms with Gasteiger partial charge in [0.2, 0.25) is 0 Å². The third-order valence-electron chi connectivity index (χ3n) is 7.41. The van der Waals surface area contributed by atoms with Gasteiger partial charge in [0.1, 0.15) is 5.82 Å². The summed E-state index contributed by atoms with van der Waals surface area (Å²) in [6, 6.07) is 6.08. The molecule has 31 heavy (non-hydrogen) atoms. The fourth-order valence-electron chi connectivity index (χ4n) is 5.78. The maximum absolute atomic E-state index is 13.1. The summed E-state index contributed by atoms with van der Waals surface area (Å²) in [4.78, 5) is 18.7. The van der Waals surface area contributed by atoms with E-state index in [1.807, 2.05) is 0 Å². The van der Waals surface area contributed by atoms with Crippen molar-refractivity contribution >= 4 is 5.78 Å². The number of piperidine rings is 1. The number of Topliss-reactive ketones (excluding diaryl/α,β-unsaturated/α-hetero) is 1. The maximum atomic E-state index is 13.1. The molecule has 2 N–H and O–H groups in total. The molecule has 0 radical (unpaired) electrons. The number of halogens is 1. The van der Waals surface area contributed by atoms with Gasteiger partial charge in [-0.15, -0.1) is 0 Å². The van der Waals surface area contributed by atoms with Gasteiger partial charge in [-0.05, 0) is 62.1 Å². The van der Waals surface area contributed by atoms with Crippen LogP contribution in [0.5, 0.6) is 0 Å². The fourth-order valence-corrected chi connectivity index (χ4v) is 5.78. The molecule has 0 bridgehead atoms. The van der Waals surface area contributed by atoms with E-state index in [1.165, 1.54) is 23.4 Å². The number of nitrogens with zero attached hydrogens (tertiary/aromatic N) is 3. The number of allylic oxidation sites excluding steroid dienone is 3. The van der Waals surface area contributed by atoms with E-state index in [-0.39, 0.29) is 18.1 Å². The Hall–Kier alpha value is -2.22. The zero-order chi connectivity index (χ0) is 21.8. The van der Waals surface area contributed by atoms with Crippen LogP contribution >= 0.6 is 0 Å². The number of aliphatic hydroxyl groups is 2. The van der Waals surface area contributed by atoms with Crippen molar-refractivity contribution in [2.24, 2.45) is 5.92 Å². The van der Waals surface area contributed by atoms with Crippen LogP contribution in [0.15, 0.2) is 47.3 Å². The van der Waals surface area contributed by atoms with Crippen LogP contribution in [-0.4, -0.2) is 75.9 Å². The normalized spacial score (nSPS) is 27.2. The molecule has 4 aliphatic rings. The highest BCUT2D eigenvalue weighted by molar-refractivity contribution is 5.95. The van der Waals surface area contributed by atoms with Gasteiger partial charge in [-0.1, -0.05) is 6.08 Å². The van der Waals surface area contributed by atoms with Crippen molar-refractivity contribution < 1.29 is 19.4 Å². The average molecular weight is 428 g/mol. The van der Waals surface area contributed by atoms with E-state index in [2.05, 4.69) is 15.9 Å². The first kappa shape index (κ1) is 20.7. The van der Waals surface area contributed by atoms with Crippen LogP contribution in [0.4, 0.5) is 4.39 Å². The first-order valence-corrected chi connectivity index (χ1v) is 11.2. The maximum Gasteiger partial charge on any atom is 0.264 e. The molecule has 7 heteroatoms. The molecular formula is C24H30FN3O3. The lowest BCUT2D eigenvalue weighted by Gasteiger charge is -2.47. The minimum Gasteiger partial charge on any atom is -0.359 e. The molecular weight excluding hydrogens is 397 g/mol. The molecule has 5 rings (SSSR count). The molecule has 2 atom stereocenters. The van der Waals surface area contributed by atoms with Crippen LogP contribution < -0.4 is 0 Å². The number of likely N-dealkylation sites (tertiary alicyclic amines) is 1. The Kier molecular flexibility index (Phi) is 5.15. The molecule has 2 unspecified atom stereocenters. The highest BCUT2D eigenvalue weighted by Gasteiger charge is 2.52. The molecule has 1 aliphatic carbocycles. The van der Waals surface area contributed by atoms with Crippen molar-refractivity contribution in [3.8, 4) is 0 Å². The van der Waals surface area contributed by atoms with Gasteiger partial charge in [0.05, 0.1) is 12.2 Å². The second kappa shape index (κ2) is 7.73. The summed E-state index contributed by atoms with van der Waals surface area (Å²) in [5.74, 6) is -1.72. The molecule has 0 aromatic heterocycles. The van der Waals surface area contributed by atoms with Gasteiger partial charge in [-0.2, -0.15) is 0 Å². The highest BCUT2D eigenvalue weighted by atomic mass is 19.1. The molecule has 166 valence electrons. The molecule has 2 saturated heterocycles. The van der Waals surface area contributed by atoms with Crippen molar-refractivity contribution in [3.05, 3.63) is 58.7 Å². The van der Waals surface area contributed by atoms with E-state index in [1.54, 1.807) is 24.1 Å². The number of hydrogen-bond acceptors (Lipinski definition) is 6. The van der Waals surface area contributed by atoms with Gasteiger partial charge in [0.25, 0.3) is 5.91 Å². The molecule has 6 nitrogen and oxygen atoms in total. The molecule has 1 aromatic carbocycles. The van der Waals surface area contributed by atoms with Crippen molar-refractivity contribution in [1.82, 2.24) is 14.7 Å². The van der Waals surface area contributed by atoms with Gasteiger partial charge in [-0.25, -0.2) is 4.39 Å². The minimum atomic E-state index is -1.83. The Morgan fingerprint density at radius 3 is 2.81 bits per heavy atom. The Bertz CT molecular complexity index is 940. The van der Waals surface area contributed by atoms with Crippen molar-refractivity contribution in [3.63, 3.8) is 0 Å². The summed E-state index contributed by atoms with van der Waals surface area (Å²) in [6.07, 6.45) is 6.32. The number of benzene rings is 1. The van der Waals surface area contributed by atoms with Crippen molar-refractivity contribution in [2.75, 3.05) is 33.2 Å². The van der Waals surface area contributed by atoms with Crippen LogP contribution in [0.3, 0.4) is 0 Å². The second-order valence-electron chi connectivity index (χ2n) is 9.25. The zero-order valence-corrected chi connectivity index (χ0v) is 17.9. The fraction of sp³-hybridized carbons (Fsp3) is 0.542. The molecule has 2 fully saturated rings. The Morgan fingerprint density at radius 1 is 1.26 bits per heavy atom. The molecule has 0 saturated carbocycles. The van der Waals surface area contributed by atoms with Crippen LogP contribution in [-0.2, 0) is 0 Å². The predicted octanol–water partition coefficient (Wildman–Crippen LogP) is 2.31. The lowest BCUT2D eigenvalue weighted by atomic mass is 9.86. The van der Waals surface area contributed by atoms with Crippen LogP contribution in [0.25, 0.3) is 0 Å². The first-order valence-electron chi connectivity index (χ1n) is 11.2. The van der Waals surface area contributed by atoms with Gasteiger partial charge in [0, 0.05) is 49.8 Å². The third kappa shape index (κ3) is 3.58.